The van der Waals surface area contributed by atoms with Crippen LogP contribution in [0, 0.1) is 0 Å². The quantitative estimate of drug-likeness (QED) is 0.622. The molecule has 122 valence electrons. The first-order chi connectivity index (χ1) is 10.6. The maximum atomic E-state index is 11.0. The van der Waals surface area contributed by atoms with Gasteiger partial charge in [-0.05, 0) is 24.8 Å². The Morgan fingerprint density at radius 3 is 2.50 bits per heavy atom. The molecule has 2 atom stereocenters. The van der Waals surface area contributed by atoms with Crippen molar-refractivity contribution < 1.29 is 15.0 Å². The SMILES string of the molecule is O=C(O)N[C@@H](Cc1ccccc1)[C@@H](O)CNC1CCCCC1. The second-order valence-corrected chi connectivity index (χ2v) is 6.06. The largest absolute Gasteiger partial charge is 0.465 e. The van der Waals surface area contributed by atoms with Crippen LogP contribution in [0.1, 0.15) is 37.7 Å². The summed E-state index contributed by atoms with van der Waals surface area (Å²) in [5.74, 6) is 0. The maximum absolute atomic E-state index is 11.0. The van der Waals surface area contributed by atoms with Crippen molar-refractivity contribution in [1.29, 1.82) is 0 Å². The fourth-order valence-electron chi connectivity index (χ4n) is 3.05. The number of rotatable bonds is 7. The Labute approximate surface area is 131 Å². The third kappa shape index (κ3) is 5.66. The lowest BCUT2D eigenvalue weighted by molar-refractivity contribution is 0.113. The van der Waals surface area contributed by atoms with Gasteiger partial charge in [0.05, 0.1) is 12.1 Å². The van der Waals surface area contributed by atoms with Crippen molar-refractivity contribution in [3.63, 3.8) is 0 Å². The lowest BCUT2D eigenvalue weighted by Gasteiger charge is -2.27. The van der Waals surface area contributed by atoms with E-state index in [4.69, 9.17) is 5.11 Å². The van der Waals surface area contributed by atoms with Gasteiger partial charge in [-0.1, -0.05) is 49.6 Å². The predicted octanol–water partition coefficient (Wildman–Crippen LogP) is 2.15. The fraction of sp³-hybridized carbons (Fsp3) is 0.588. The Morgan fingerprint density at radius 1 is 1.18 bits per heavy atom. The number of aliphatic hydroxyl groups is 1. The summed E-state index contributed by atoms with van der Waals surface area (Å²) in [7, 11) is 0. The molecular formula is C17H26N2O3. The van der Waals surface area contributed by atoms with Gasteiger partial charge in [-0.3, -0.25) is 0 Å². The van der Waals surface area contributed by atoms with Crippen LogP contribution >= 0.6 is 0 Å². The molecule has 1 fully saturated rings. The number of carboxylic acid groups (broad SMARTS) is 1. The Bertz CT molecular complexity index is 446. The van der Waals surface area contributed by atoms with Gasteiger partial charge in [-0.2, -0.15) is 0 Å². The van der Waals surface area contributed by atoms with Crippen molar-refractivity contribution in [1.82, 2.24) is 10.6 Å². The Kier molecular flexibility index (Phi) is 6.68. The lowest BCUT2D eigenvalue weighted by atomic mass is 9.95. The van der Waals surface area contributed by atoms with Gasteiger partial charge in [0.2, 0.25) is 0 Å². The summed E-state index contributed by atoms with van der Waals surface area (Å²) in [6.45, 7) is 0.419. The van der Waals surface area contributed by atoms with Crippen LogP contribution in [-0.2, 0) is 6.42 Å². The van der Waals surface area contributed by atoms with Crippen LogP contribution in [0.5, 0.6) is 0 Å². The number of aliphatic hydroxyl groups excluding tert-OH is 1. The minimum Gasteiger partial charge on any atom is -0.465 e. The topological polar surface area (TPSA) is 81.6 Å². The summed E-state index contributed by atoms with van der Waals surface area (Å²) in [6, 6.07) is 9.58. The number of carbonyl (C=O) groups is 1. The number of amides is 1. The normalized spacial score (nSPS) is 18.6. The van der Waals surface area contributed by atoms with E-state index in [1.807, 2.05) is 30.3 Å². The highest BCUT2D eigenvalue weighted by atomic mass is 16.4. The van der Waals surface area contributed by atoms with Gasteiger partial charge in [-0.15, -0.1) is 0 Å². The zero-order chi connectivity index (χ0) is 15.8. The Hall–Kier alpha value is -1.59. The Balaban J connectivity index is 1.87. The predicted molar refractivity (Wildman–Crippen MR) is 86.0 cm³/mol. The summed E-state index contributed by atoms with van der Waals surface area (Å²) >= 11 is 0. The van der Waals surface area contributed by atoms with Gasteiger partial charge in [-0.25, -0.2) is 4.79 Å². The van der Waals surface area contributed by atoms with Crippen molar-refractivity contribution in [2.24, 2.45) is 0 Å². The zero-order valence-corrected chi connectivity index (χ0v) is 12.9. The van der Waals surface area contributed by atoms with E-state index in [9.17, 15) is 9.90 Å². The van der Waals surface area contributed by atoms with Crippen LogP contribution < -0.4 is 10.6 Å². The highest BCUT2D eigenvalue weighted by Gasteiger charge is 2.23. The number of nitrogens with one attached hydrogen (secondary N) is 2. The van der Waals surface area contributed by atoms with E-state index in [0.29, 0.717) is 19.0 Å². The molecule has 4 N–H and O–H groups in total. The molecule has 0 aromatic heterocycles. The van der Waals surface area contributed by atoms with Crippen LogP contribution in [0.15, 0.2) is 30.3 Å². The summed E-state index contributed by atoms with van der Waals surface area (Å²) in [5.41, 5.74) is 1.01. The highest BCUT2D eigenvalue weighted by Crippen LogP contribution is 2.17. The van der Waals surface area contributed by atoms with Gasteiger partial charge in [0, 0.05) is 12.6 Å². The van der Waals surface area contributed by atoms with E-state index in [2.05, 4.69) is 10.6 Å². The molecule has 0 bridgehead atoms. The van der Waals surface area contributed by atoms with Crippen molar-refractivity contribution in [2.75, 3.05) is 6.54 Å². The molecule has 22 heavy (non-hydrogen) atoms. The van der Waals surface area contributed by atoms with Gasteiger partial charge in [0.15, 0.2) is 0 Å². The van der Waals surface area contributed by atoms with Crippen LogP contribution in [0.4, 0.5) is 4.79 Å². The van der Waals surface area contributed by atoms with Gasteiger partial charge in [0.1, 0.15) is 0 Å². The molecule has 0 heterocycles. The van der Waals surface area contributed by atoms with E-state index in [1.165, 1.54) is 19.3 Å². The van der Waals surface area contributed by atoms with Crippen molar-refractivity contribution in [3.8, 4) is 0 Å². The molecule has 1 amide bonds. The van der Waals surface area contributed by atoms with Gasteiger partial charge in [0.25, 0.3) is 0 Å². The number of hydrogen-bond donors (Lipinski definition) is 4. The van der Waals surface area contributed by atoms with E-state index in [-0.39, 0.29) is 0 Å². The standard InChI is InChI=1S/C17H26N2O3/c20-16(12-18-14-9-5-2-6-10-14)15(19-17(21)22)11-13-7-3-1-4-8-13/h1,3-4,7-8,14-16,18-20H,2,5-6,9-12H2,(H,21,22)/t15-,16-/m0/s1. The van der Waals surface area contributed by atoms with E-state index < -0.39 is 18.2 Å². The number of benzene rings is 1. The monoisotopic (exact) mass is 306 g/mol. The van der Waals surface area contributed by atoms with Crippen LogP contribution in [0.25, 0.3) is 0 Å². The number of hydrogen-bond acceptors (Lipinski definition) is 3. The fourth-order valence-corrected chi connectivity index (χ4v) is 3.05. The molecule has 1 aliphatic rings. The van der Waals surface area contributed by atoms with E-state index in [0.717, 1.165) is 18.4 Å². The molecule has 1 saturated carbocycles. The minimum atomic E-state index is -1.10. The lowest BCUT2D eigenvalue weighted by Crippen LogP contribution is -2.50. The van der Waals surface area contributed by atoms with Gasteiger partial charge < -0.3 is 20.8 Å². The van der Waals surface area contributed by atoms with Crippen molar-refractivity contribution in [3.05, 3.63) is 35.9 Å². The molecule has 1 aliphatic carbocycles. The smallest absolute Gasteiger partial charge is 0.404 e. The van der Waals surface area contributed by atoms with Crippen molar-refractivity contribution in [2.45, 2.75) is 56.7 Å². The second kappa shape index (κ2) is 8.76. The molecule has 1 aromatic carbocycles. The summed E-state index contributed by atoms with van der Waals surface area (Å²) in [6.07, 6.45) is 4.68. The third-order valence-electron chi connectivity index (χ3n) is 4.29. The third-order valence-corrected chi connectivity index (χ3v) is 4.29. The molecule has 1 aromatic rings. The van der Waals surface area contributed by atoms with Crippen LogP contribution in [0.2, 0.25) is 0 Å². The summed E-state index contributed by atoms with van der Waals surface area (Å²) in [4.78, 5) is 11.0. The average molecular weight is 306 g/mol. The molecule has 0 aliphatic heterocycles. The highest BCUT2D eigenvalue weighted by molar-refractivity contribution is 5.65. The molecule has 0 radical (unpaired) electrons. The molecule has 5 nitrogen and oxygen atoms in total. The summed E-state index contributed by atoms with van der Waals surface area (Å²) < 4.78 is 0. The van der Waals surface area contributed by atoms with Gasteiger partial charge >= 0.3 is 6.09 Å². The summed E-state index contributed by atoms with van der Waals surface area (Å²) in [5, 5.41) is 25.2. The average Bonchev–Trinajstić information content (AvgIpc) is 2.53. The molecule has 0 spiro atoms. The van der Waals surface area contributed by atoms with E-state index >= 15 is 0 Å². The molecule has 5 heteroatoms. The molecular weight excluding hydrogens is 280 g/mol. The first kappa shape index (κ1) is 16.8. The van der Waals surface area contributed by atoms with Crippen molar-refractivity contribution >= 4 is 6.09 Å². The van der Waals surface area contributed by atoms with Crippen LogP contribution in [0.3, 0.4) is 0 Å². The first-order valence-electron chi connectivity index (χ1n) is 8.10. The molecule has 2 rings (SSSR count). The zero-order valence-electron chi connectivity index (χ0n) is 12.9. The van der Waals surface area contributed by atoms with E-state index in [1.54, 1.807) is 0 Å². The van der Waals surface area contributed by atoms with Crippen LogP contribution in [-0.4, -0.2) is 41.0 Å². The molecule has 0 saturated heterocycles. The first-order valence-corrected chi connectivity index (χ1v) is 8.10. The Morgan fingerprint density at radius 2 is 1.86 bits per heavy atom. The minimum absolute atomic E-state index is 0.419. The maximum Gasteiger partial charge on any atom is 0.404 e. The second-order valence-electron chi connectivity index (χ2n) is 6.06. The molecule has 0 unspecified atom stereocenters.